The number of fused-ring (bicyclic) bond motifs is 1. The summed E-state index contributed by atoms with van der Waals surface area (Å²) in [7, 11) is 1.90. The second-order valence-corrected chi connectivity index (χ2v) is 5.74. The van der Waals surface area contributed by atoms with Crippen molar-refractivity contribution >= 4 is 16.9 Å². The number of hydrogen-bond acceptors (Lipinski definition) is 5. The third-order valence-electron chi connectivity index (χ3n) is 4.01. The fourth-order valence-corrected chi connectivity index (χ4v) is 2.70. The van der Waals surface area contributed by atoms with Crippen LogP contribution in [-0.2, 0) is 13.7 Å². The molecule has 0 fully saturated rings. The van der Waals surface area contributed by atoms with E-state index >= 15 is 0 Å². The molecule has 0 bridgehead atoms. The molecule has 0 saturated carbocycles. The van der Waals surface area contributed by atoms with Crippen molar-refractivity contribution in [3.05, 3.63) is 66.1 Å². The van der Waals surface area contributed by atoms with Gasteiger partial charge in [-0.3, -0.25) is 4.68 Å². The highest BCUT2D eigenvalue weighted by molar-refractivity contribution is 5.87. The normalized spacial score (nSPS) is 11.0. The molecule has 4 rings (SSSR count). The van der Waals surface area contributed by atoms with Crippen molar-refractivity contribution in [2.75, 3.05) is 0 Å². The molecular formula is C18H15N5O3. The van der Waals surface area contributed by atoms with Gasteiger partial charge in [0.25, 0.3) is 0 Å². The highest BCUT2D eigenvalue weighted by Crippen LogP contribution is 2.19. The molecule has 3 aromatic heterocycles. The number of nitrogens with zero attached hydrogens (tertiary/aromatic N) is 5. The number of carboxylic acid groups (broad SMARTS) is 1. The molecule has 8 heteroatoms. The molecule has 0 saturated heterocycles. The van der Waals surface area contributed by atoms with Crippen LogP contribution in [-0.4, -0.2) is 35.6 Å². The molecule has 0 aliphatic heterocycles. The van der Waals surface area contributed by atoms with Crippen molar-refractivity contribution in [3.8, 4) is 11.7 Å². The van der Waals surface area contributed by atoms with Crippen molar-refractivity contribution in [1.29, 1.82) is 0 Å². The number of pyridine rings is 1. The van der Waals surface area contributed by atoms with Gasteiger partial charge in [0.15, 0.2) is 5.82 Å². The predicted molar refractivity (Wildman–Crippen MR) is 93.4 cm³/mol. The first-order valence-electron chi connectivity index (χ1n) is 7.89. The lowest BCUT2D eigenvalue weighted by molar-refractivity contribution is 0.0696. The Morgan fingerprint density at radius 3 is 2.88 bits per heavy atom. The first-order valence-corrected chi connectivity index (χ1v) is 7.89. The Hall–Kier alpha value is -3.68. The number of aryl methyl sites for hydroxylation is 1. The Balaban J connectivity index is 1.57. The molecule has 0 amide bonds. The van der Waals surface area contributed by atoms with Gasteiger partial charge in [-0.1, -0.05) is 6.07 Å². The van der Waals surface area contributed by atoms with Gasteiger partial charge in [0, 0.05) is 24.7 Å². The molecule has 0 atom stereocenters. The van der Waals surface area contributed by atoms with E-state index in [9.17, 15) is 4.79 Å². The summed E-state index contributed by atoms with van der Waals surface area (Å²) in [6.07, 6.45) is 4.82. The average Bonchev–Trinajstić information content (AvgIpc) is 3.27. The molecule has 0 radical (unpaired) electrons. The van der Waals surface area contributed by atoms with Gasteiger partial charge < -0.3 is 9.84 Å². The number of rotatable bonds is 5. The molecule has 0 unspecified atom stereocenters. The number of carbonyl (C=O) groups is 1. The molecule has 3 heterocycles. The number of hydrogen-bond donors (Lipinski definition) is 1. The smallest absolute Gasteiger partial charge is 0.335 e. The van der Waals surface area contributed by atoms with Crippen LogP contribution in [0.2, 0.25) is 0 Å². The predicted octanol–water partition coefficient (Wildman–Crippen LogP) is 2.43. The van der Waals surface area contributed by atoms with Crippen LogP contribution in [0.3, 0.4) is 0 Å². The lowest BCUT2D eigenvalue weighted by Gasteiger charge is -2.09. The first kappa shape index (κ1) is 15.8. The van der Waals surface area contributed by atoms with Gasteiger partial charge in [-0.25, -0.2) is 9.78 Å². The molecule has 8 nitrogen and oxygen atoms in total. The van der Waals surface area contributed by atoms with Crippen LogP contribution in [0.1, 0.15) is 15.9 Å². The third-order valence-corrected chi connectivity index (χ3v) is 4.01. The van der Waals surface area contributed by atoms with Crippen molar-refractivity contribution in [3.63, 3.8) is 0 Å². The van der Waals surface area contributed by atoms with E-state index in [2.05, 4.69) is 15.2 Å². The second kappa shape index (κ2) is 6.32. The van der Waals surface area contributed by atoms with E-state index in [1.54, 1.807) is 12.3 Å². The molecule has 130 valence electrons. The first-order chi connectivity index (χ1) is 12.6. The van der Waals surface area contributed by atoms with Crippen LogP contribution in [0.25, 0.3) is 16.7 Å². The van der Waals surface area contributed by atoms with Gasteiger partial charge in [-0.15, -0.1) is 0 Å². The highest BCUT2D eigenvalue weighted by atomic mass is 16.5. The summed E-state index contributed by atoms with van der Waals surface area (Å²) >= 11 is 0. The quantitative estimate of drug-likeness (QED) is 0.594. The Kier molecular flexibility index (Phi) is 3.85. The maximum Gasteiger partial charge on any atom is 0.335 e. The van der Waals surface area contributed by atoms with Crippen LogP contribution < -0.4 is 4.74 Å². The Bertz CT molecular complexity index is 1100. The zero-order chi connectivity index (χ0) is 18.1. The molecule has 0 spiro atoms. The molecular weight excluding hydrogens is 334 g/mol. The summed E-state index contributed by atoms with van der Waals surface area (Å²) in [6.45, 7) is 0.342. The molecule has 0 aliphatic carbocycles. The Morgan fingerprint density at radius 2 is 2.04 bits per heavy atom. The van der Waals surface area contributed by atoms with Crippen molar-refractivity contribution in [2.45, 2.75) is 6.61 Å². The van der Waals surface area contributed by atoms with Crippen molar-refractivity contribution in [1.82, 2.24) is 24.5 Å². The van der Waals surface area contributed by atoms with Crippen LogP contribution >= 0.6 is 0 Å². The fraction of sp³-hybridized carbons (Fsp3) is 0.111. The number of carboxylic acids is 1. The summed E-state index contributed by atoms with van der Waals surface area (Å²) in [5.74, 6) is -0.160. The van der Waals surface area contributed by atoms with E-state index in [-0.39, 0.29) is 5.56 Å². The lowest BCUT2D eigenvalue weighted by Crippen LogP contribution is -2.06. The van der Waals surface area contributed by atoms with Crippen LogP contribution in [0.5, 0.6) is 5.88 Å². The van der Waals surface area contributed by atoms with Crippen LogP contribution in [0, 0.1) is 0 Å². The monoisotopic (exact) mass is 349 g/mol. The topological polar surface area (TPSA) is 95.1 Å². The van der Waals surface area contributed by atoms with Gasteiger partial charge in [-0.2, -0.15) is 14.9 Å². The maximum atomic E-state index is 11.1. The number of benzene rings is 1. The van der Waals surface area contributed by atoms with Crippen LogP contribution in [0.4, 0.5) is 0 Å². The zero-order valence-electron chi connectivity index (χ0n) is 13.9. The summed E-state index contributed by atoms with van der Waals surface area (Å²) in [5.41, 5.74) is 2.18. The standard InChI is InChI=1S/C18H15N5O3/c1-22-15-3-2-12(8-14(15)10-21-22)11-26-17-5-7-20-23(17)16-9-13(18(24)25)4-6-19-16/h2-10H,11H2,1H3,(H,24,25). The van der Waals surface area contributed by atoms with E-state index in [1.165, 1.54) is 23.0 Å². The van der Waals surface area contributed by atoms with E-state index in [4.69, 9.17) is 9.84 Å². The van der Waals surface area contributed by atoms with E-state index in [1.807, 2.05) is 36.1 Å². The summed E-state index contributed by atoms with van der Waals surface area (Å²) in [6, 6.07) is 10.6. The lowest BCUT2D eigenvalue weighted by atomic mass is 10.2. The van der Waals surface area contributed by atoms with Gasteiger partial charge >= 0.3 is 5.97 Å². The Labute approximate surface area is 148 Å². The molecule has 1 N–H and O–H groups in total. The zero-order valence-corrected chi connectivity index (χ0v) is 13.9. The Morgan fingerprint density at radius 1 is 1.15 bits per heavy atom. The van der Waals surface area contributed by atoms with Gasteiger partial charge in [-0.05, 0) is 29.8 Å². The fourth-order valence-electron chi connectivity index (χ4n) is 2.70. The molecule has 1 aromatic carbocycles. The largest absolute Gasteiger partial charge is 0.478 e. The minimum absolute atomic E-state index is 0.137. The molecule has 4 aromatic rings. The van der Waals surface area contributed by atoms with Crippen molar-refractivity contribution < 1.29 is 14.6 Å². The SMILES string of the molecule is Cn1ncc2cc(COc3ccnn3-c3cc(C(=O)O)ccn3)ccc21. The van der Waals surface area contributed by atoms with E-state index in [0.29, 0.717) is 18.3 Å². The van der Waals surface area contributed by atoms with Gasteiger partial charge in [0.1, 0.15) is 6.61 Å². The van der Waals surface area contributed by atoms with E-state index in [0.717, 1.165) is 16.5 Å². The summed E-state index contributed by atoms with van der Waals surface area (Å²) in [5, 5.41) is 18.6. The minimum atomic E-state index is -1.02. The van der Waals surface area contributed by atoms with Crippen molar-refractivity contribution in [2.24, 2.45) is 7.05 Å². The second-order valence-electron chi connectivity index (χ2n) is 5.74. The summed E-state index contributed by atoms with van der Waals surface area (Å²) in [4.78, 5) is 15.3. The van der Waals surface area contributed by atoms with Crippen LogP contribution in [0.15, 0.2) is 55.0 Å². The highest BCUT2D eigenvalue weighted by Gasteiger charge is 2.11. The molecule has 26 heavy (non-hydrogen) atoms. The van der Waals surface area contributed by atoms with Gasteiger partial charge in [0.05, 0.1) is 23.5 Å². The average molecular weight is 349 g/mol. The number of aromatic nitrogens is 5. The number of aromatic carboxylic acids is 1. The number of ether oxygens (including phenoxy) is 1. The third kappa shape index (κ3) is 2.88. The minimum Gasteiger partial charge on any atom is -0.478 e. The van der Waals surface area contributed by atoms with Gasteiger partial charge in [0.2, 0.25) is 5.88 Å². The summed E-state index contributed by atoms with van der Waals surface area (Å²) < 4.78 is 9.14. The van der Waals surface area contributed by atoms with E-state index < -0.39 is 5.97 Å². The molecule has 0 aliphatic rings. The maximum absolute atomic E-state index is 11.1.